The summed E-state index contributed by atoms with van der Waals surface area (Å²) in [7, 11) is -5.96. The van der Waals surface area contributed by atoms with Gasteiger partial charge in [-0.2, -0.15) is 0 Å². The van der Waals surface area contributed by atoms with E-state index in [9.17, 15) is 13.5 Å². The Balaban J connectivity index is 2.46. The minimum atomic E-state index is -3.47. The van der Waals surface area contributed by atoms with Gasteiger partial charge in [0.25, 0.3) is 0 Å². The molecule has 1 fully saturated rings. The first-order chi connectivity index (χ1) is 22.2. The molecule has 7 nitrogen and oxygen atoms in total. The Morgan fingerprint density at radius 1 is 0.894 bits per heavy atom. The minimum Gasteiger partial charge on any atom is -0.414 e. The Kier molecular flexibility index (Phi) is 17.6. The van der Waals surface area contributed by atoms with E-state index in [4.69, 9.17) is 18.3 Å². The zero-order valence-corrected chi connectivity index (χ0v) is 34.2. The van der Waals surface area contributed by atoms with Crippen molar-refractivity contribution in [2.24, 2.45) is 23.7 Å². The summed E-state index contributed by atoms with van der Waals surface area (Å²) in [5, 5.41) is 11.3. The second-order valence-corrected chi connectivity index (χ2v) is 25.6. The molecule has 0 radical (unpaired) electrons. The average Bonchev–Trinajstić information content (AvgIpc) is 3.48. The smallest absolute Gasteiger partial charge is 0.192 e. The van der Waals surface area contributed by atoms with Crippen molar-refractivity contribution in [1.82, 2.24) is 0 Å². The van der Waals surface area contributed by atoms with Crippen LogP contribution in [0.15, 0.2) is 47.4 Å². The number of aliphatic hydroxyl groups excluding tert-OH is 1. The third-order valence-electron chi connectivity index (χ3n) is 11.4. The zero-order valence-electron chi connectivity index (χ0n) is 31.4. The summed E-state index contributed by atoms with van der Waals surface area (Å²) in [5.74, 6) is 0.159. The van der Waals surface area contributed by atoms with Crippen LogP contribution in [0.4, 0.5) is 0 Å². The van der Waals surface area contributed by atoms with E-state index in [1.54, 1.807) is 31.4 Å². The monoisotopic (exact) mass is 712 g/mol. The lowest BCUT2D eigenvalue weighted by Crippen LogP contribution is -2.50. The van der Waals surface area contributed by atoms with Crippen molar-refractivity contribution in [1.29, 1.82) is 0 Å². The van der Waals surface area contributed by atoms with Crippen molar-refractivity contribution in [3.8, 4) is 0 Å². The highest BCUT2D eigenvalue weighted by molar-refractivity contribution is 7.91. The maximum absolute atomic E-state index is 13.5. The van der Waals surface area contributed by atoms with Gasteiger partial charge >= 0.3 is 0 Å². The molecule has 0 aliphatic carbocycles. The van der Waals surface area contributed by atoms with Gasteiger partial charge in [0.15, 0.2) is 32.8 Å². The van der Waals surface area contributed by atoms with Crippen LogP contribution in [0.2, 0.25) is 36.3 Å². The van der Waals surface area contributed by atoms with E-state index in [0.29, 0.717) is 17.2 Å². The van der Waals surface area contributed by atoms with Crippen molar-refractivity contribution in [3.63, 3.8) is 0 Å². The van der Waals surface area contributed by atoms with E-state index < -0.39 is 32.6 Å². The molecule has 1 aromatic rings. The molecule has 0 bridgehead atoms. The Morgan fingerprint density at radius 2 is 1.43 bits per heavy atom. The summed E-state index contributed by atoms with van der Waals surface area (Å²) >= 11 is 0. The van der Waals surface area contributed by atoms with E-state index in [-0.39, 0.29) is 48.1 Å². The van der Waals surface area contributed by atoms with Crippen molar-refractivity contribution < 1.29 is 31.9 Å². The van der Waals surface area contributed by atoms with Crippen molar-refractivity contribution in [2.45, 2.75) is 154 Å². The largest absolute Gasteiger partial charge is 0.414 e. The second kappa shape index (κ2) is 19.5. The van der Waals surface area contributed by atoms with Gasteiger partial charge in [-0.3, -0.25) is 0 Å². The Bertz CT molecular complexity index is 1140. The maximum atomic E-state index is 13.5. The van der Waals surface area contributed by atoms with Crippen molar-refractivity contribution >= 4 is 26.5 Å². The molecule has 10 heteroatoms. The number of hydrogen-bond donors (Lipinski definition) is 1. The highest BCUT2D eigenvalue weighted by Crippen LogP contribution is 2.37. The Hall–Kier alpha value is -0.856. The SMILES string of the molecule is CC[Si](CC)(CC)OC(CCS(=O)(=O)c1ccccc1)C(C)C(O[Si](CC)(CC)CC)C(C)/C=C/C(O)C(C)[C@@H]1O[C@H](OC)C[C@H]1C. The molecular formula is C37H68O7SSi2. The third kappa shape index (κ3) is 11.3. The van der Waals surface area contributed by atoms with Crippen LogP contribution in [-0.2, 0) is 28.2 Å². The number of rotatable bonds is 22. The molecule has 1 aliphatic rings. The van der Waals surface area contributed by atoms with Gasteiger partial charge in [0, 0.05) is 25.4 Å². The summed E-state index contributed by atoms with van der Waals surface area (Å²) in [5.41, 5.74) is 0. The predicted molar refractivity (Wildman–Crippen MR) is 199 cm³/mol. The number of ether oxygens (including phenoxy) is 2. The lowest BCUT2D eigenvalue weighted by Gasteiger charge is -2.43. The molecule has 1 aromatic carbocycles. The molecule has 0 aromatic heterocycles. The topological polar surface area (TPSA) is 91.3 Å². The lowest BCUT2D eigenvalue weighted by molar-refractivity contribution is -0.134. The number of hydrogen-bond acceptors (Lipinski definition) is 7. The molecule has 9 atom stereocenters. The molecule has 1 aliphatic heterocycles. The van der Waals surface area contributed by atoms with Crippen LogP contribution >= 0.6 is 0 Å². The lowest BCUT2D eigenvalue weighted by atomic mass is 9.86. The van der Waals surface area contributed by atoms with Crippen LogP contribution in [0.3, 0.4) is 0 Å². The van der Waals surface area contributed by atoms with E-state index in [2.05, 4.69) is 68.4 Å². The first kappa shape index (κ1) is 42.3. The van der Waals surface area contributed by atoms with E-state index in [1.165, 1.54) is 0 Å². The number of methoxy groups -OCH3 is 1. The highest BCUT2D eigenvalue weighted by Gasteiger charge is 2.42. The van der Waals surface area contributed by atoms with Crippen LogP contribution in [0.5, 0.6) is 0 Å². The molecule has 0 saturated carbocycles. The number of aliphatic hydroxyl groups is 1. The van der Waals surface area contributed by atoms with Gasteiger partial charge in [-0.15, -0.1) is 0 Å². The summed E-state index contributed by atoms with van der Waals surface area (Å²) in [6.45, 7) is 22.0. The molecule has 2 rings (SSSR count). The molecule has 0 amide bonds. The minimum absolute atomic E-state index is 0.0187. The molecule has 1 saturated heterocycles. The molecule has 272 valence electrons. The van der Waals surface area contributed by atoms with Gasteiger partial charge in [0.1, 0.15) is 0 Å². The van der Waals surface area contributed by atoms with Crippen molar-refractivity contribution in [2.75, 3.05) is 12.9 Å². The molecule has 1 heterocycles. The normalized spacial score (nSPS) is 23.4. The van der Waals surface area contributed by atoms with Crippen LogP contribution in [0.1, 0.15) is 82.1 Å². The van der Waals surface area contributed by atoms with E-state index in [0.717, 1.165) is 42.7 Å². The predicted octanol–water partition coefficient (Wildman–Crippen LogP) is 8.85. The van der Waals surface area contributed by atoms with Gasteiger partial charge in [-0.25, -0.2) is 8.42 Å². The first-order valence-corrected chi connectivity index (χ1v) is 25.1. The molecule has 47 heavy (non-hydrogen) atoms. The molecular weight excluding hydrogens is 645 g/mol. The molecule has 6 unspecified atom stereocenters. The number of sulfone groups is 1. The van der Waals surface area contributed by atoms with Crippen LogP contribution in [-0.4, -0.2) is 73.7 Å². The summed E-state index contributed by atoms with van der Waals surface area (Å²) in [6, 6.07) is 14.8. The fourth-order valence-electron chi connectivity index (χ4n) is 7.33. The number of benzene rings is 1. The second-order valence-electron chi connectivity index (χ2n) is 14.1. The fourth-order valence-corrected chi connectivity index (χ4v) is 14.7. The highest BCUT2D eigenvalue weighted by atomic mass is 32.2. The summed E-state index contributed by atoms with van der Waals surface area (Å²) in [4.78, 5) is 0.357. The van der Waals surface area contributed by atoms with Gasteiger partial charge in [-0.1, -0.05) is 99.6 Å². The van der Waals surface area contributed by atoms with E-state index in [1.807, 2.05) is 19.1 Å². The van der Waals surface area contributed by atoms with Gasteiger partial charge in [-0.05, 0) is 66.7 Å². The van der Waals surface area contributed by atoms with Crippen LogP contribution in [0.25, 0.3) is 0 Å². The van der Waals surface area contributed by atoms with E-state index >= 15 is 0 Å². The van der Waals surface area contributed by atoms with Crippen molar-refractivity contribution in [3.05, 3.63) is 42.5 Å². The summed E-state index contributed by atoms with van der Waals surface area (Å²) in [6.07, 6.45) is 3.84. The van der Waals surface area contributed by atoms with Crippen LogP contribution < -0.4 is 0 Å². The van der Waals surface area contributed by atoms with Gasteiger partial charge in [0.05, 0.1) is 35.1 Å². The third-order valence-corrected chi connectivity index (χ3v) is 22.5. The molecule has 1 N–H and O–H groups in total. The maximum Gasteiger partial charge on any atom is 0.192 e. The molecule has 0 spiro atoms. The van der Waals surface area contributed by atoms with Gasteiger partial charge in [0.2, 0.25) is 0 Å². The quantitative estimate of drug-likeness (QED) is 0.0949. The zero-order chi connectivity index (χ0) is 35.4. The Morgan fingerprint density at radius 3 is 1.91 bits per heavy atom. The standard InChI is InChI=1S/C37H68O7SSi2/c1-12-46(13-2,14-3)43-34(25-26-45(39,40)32-21-19-18-20-22-32)31(10)37(44-47(15-4,16-5)17-6)28(7)23-24-33(38)30(9)36-29(8)27-35(41-11)42-36/h18-24,28-31,33-38H,12-17,25-27H2,1-11H3/b24-23+/t28?,29-,30?,31?,33?,34?,35+,36-,37?/m1/s1. The first-order valence-electron chi connectivity index (χ1n) is 18.4. The summed E-state index contributed by atoms with van der Waals surface area (Å²) < 4.78 is 53.0. The van der Waals surface area contributed by atoms with Crippen LogP contribution in [0, 0.1) is 23.7 Å². The fraction of sp³-hybridized carbons (Fsp3) is 0.784. The average molecular weight is 713 g/mol. The van der Waals surface area contributed by atoms with Gasteiger partial charge < -0.3 is 23.4 Å². The Labute approximate surface area is 290 Å².